The van der Waals surface area contributed by atoms with Crippen molar-refractivity contribution in [1.82, 2.24) is 10.2 Å². The summed E-state index contributed by atoms with van der Waals surface area (Å²) in [4.78, 5) is 13.7. The van der Waals surface area contributed by atoms with Crippen LogP contribution in [0.5, 0.6) is 0 Å². The van der Waals surface area contributed by atoms with Crippen molar-refractivity contribution in [2.45, 2.75) is 13.0 Å². The Morgan fingerprint density at radius 1 is 1.37 bits per heavy atom. The van der Waals surface area contributed by atoms with Crippen LogP contribution < -0.4 is 16.6 Å². The van der Waals surface area contributed by atoms with Crippen LogP contribution in [0.2, 0.25) is 0 Å². The molecule has 0 aliphatic rings. The van der Waals surface area contributed by atoms with E-state index in [2.05, 4.69) is 5.32 Å². The van der Waals surface area contributed by atoms with E-state index >= 15 is 0 Å². The van der Waals surface area contributed by atoms with Crippen LogP contribution in [0.4, 0.5) is 14.5 Å². The second kappa shape index (κ2) is 6.44. The molecule has 1 rings (SSSR count). The Balaban J connectivity index is 2.78. The normalized spacial score (nSPS) is 12.4. The summed E-state index contributed by atoms with van der Waals surface area (Å²) in [6, 6.07) is 1.99. The zero-order valence-electron chi connectivity index (χ0n) is 11.1. The lowest BCUT2D eigenvalue weighted by molar-refractivity contribution is 0.0943. The number of carbonyl (C=O) groups excluding carboxylic acids is 1. The molecule has 1 amide bonds. The Morgan fingerprint density at radius 2 is 1.89 bits per heavy atom. The van der Waals surface area contributed by atoms with E-state index in [0.717, 1.165) is 12.1 Å². The first kappa shape index (κ1) is 15.3. The van der Waals surface area contributed by atoms with E-state index in [1.165, 1.54) is 0 Å². The molecule has 19 heavy (non-hydrogen) atoms. The number of amides is 1. The monoisotopic (exact) mass is 272 g/mol. The molecule has 0 radical (unpaired) electrons. The van der Waals surface area contributed by atoms with Crippen molar-refractivity contribution in [2.24, 2.45) is 5.84 Å². The van der Waals surface area contributed by atoms with Gasteiger partial charge < -0.3 is 15.6 Å². The van der Waals surface area contributed by atoms with E-state index in [1.807, 2.05) is 31.3 Å². The van der Waals surface area contributed by atoms with Crippen LogP contribution in [-0.4, -0.2) is 37.5 Å². The summed E-state index contributed by atoms with van der Waals surface area (Å²) in [6.45, 7) is 2.30. The first-order valence-corrected chi connectivity index (χ1v) is 5.77. The summed E-state index contributed by atoms with van der Waals surface area (Å²) in [5.41, 5.74) is 1.36. The molecule has 0 bridgehead atoms. The minimum absolute atomic E-state index is 0.0834. The zero-order valence-corrected chi connectivity index (χ0v) is 11.1. The molecule has 0 saturated carbocycles. The van der Waals surface area contributed by atoms with Gasteiger partial charge in [0.15, 0.2) is 11.6 Å². The van der Waals surface area contributed by atoms with Gasteiger partial charge in [-0.3, -0.25) is 10.6 Å². The minimum atomic E-state index is -0.909. The SMILES string of the molecule is CC(CNC(=O)c1cc(F)c(NN)c(F)c1)N(C)C. The van der Waals surface area contributed by atoms with Crippen molar-refractivity contribution >= 4 is 11.6 Å². The second-order valence-electron chi connectivity index (χ2n) is 4.48. The van der Waals surface area contributed by atoms with E-state index in [-0.39, 0.29) is 11.6 Å². The molecule has 0 aromatic heterocycles. The maximum absolute atomic E-state index is 13.4. The van der Waals surface area contributed by atoms with Crippen LogP contribution in [0, 0.1) is 11.6 Å². The quantitative estimate of drug-likeness (QED) is 0.551. The predicted octanol–water partition coefficient (Wildman–Crippen LogP) is 0.930. The lowest BCUT2D eigenvalue weighted by atomic mass is 10.1. The van der Waals surface area contributed by atoms with Crippen molar-refractivity contribution in [1.29, 1.82) is 0 Å². The molecule has 0 saturated heterocycles. The van der Waals surface area contributed by atoms with Crippen LogP contribution in [0.3, 0.4) is 0 Å². The highest BCUT2D eigenvalue weighted by molar-refractivity contribution is 5.94. The van der Waals surface area contributed by atoms with E-state index in [4.69, 9.17) is 5.84 Å². The van der Waals surface area contributed by atoms with Gasteiger partial charge in [-0.15, -0.1) is 0 Å². The van der Waals surface area contributed by atoms with Crippen LogP contribution in [0.1, 0.15) is 17.3 Å². The number of nitrogens with two attached hydrogens (primary N) is 1. The number of nitrogens with one attached hydrogen (secondary N) is 2. The topological polar surface area (TPSA) is 70.4 Å². The fraction of sp³-hybridized carbons (Fsp3) is 0.417. The number of benzene rings is 1. The summed E-state index contributed by atoms with van der Waals surface area (Å²) in [5, 5.41) is 2.61. The number of hydrazine groups is 1. The molecule has 5 nitrogen and oxygen atoms in total. The summed E-state index contributed by atoms with van der Waals surface area (Å²) in [6.07, 6.45) is 0. The number of hydrogen-bond donors (Lipinski definition) is 3. The maximum Gasteiger partial charge on any atom is 0.251 e. The summed E-state index contributed by atoms with van der Waals surface area (Å²) in [7, 11) is 3.75. The zero-order chi connectivity index (χ0) is 14.6. The molecular weight excluding hydrogens is 254 g/mol. The Kier molecular flexibility index (Phi) is 5.20. The fourth-order valence-electron chi connectivity index (χ4n) is 1.37. The van der Waals surface area contributed by atoms with Crippen molar-refractivity contribution in [3.8, 4) is 0 Å². The lowest BCUT2D eigenvalue weighted by Gasteiger charge is -2.20. The van der Waals surface area contributed by atoms with Gasteiger partial charge in [-0.2, -0.15) is 0 Å². The standard InChI is InChI=1S/C12H18F2N4O/c1-7(18(2)3)6-16-12(19)8-4-9(13)11(17-15)10(14)5-8/h4-5,7,17H,6,15H2,1-3H3,(H,16,19). The molecule has 106 valence electrons. The molecular formula is C12H18F2N4O. The van der Waals surface area contributed by atoms with Crippen LogP contribution in [-0.2, 0) is 0 Å². The van der Waals surface area contributed by atoms with E-state index < -0.39 is 23.2 Å². The second-order valence-corrected chi connectivity index (χ2v) is 4.48. The molecule has 7 heteroatoms. The van der Waals surface area contributed by atoms with Crippen LogP contribution in [0.15, 0.2) is 12.1 Å². The number of nitrogen functional groups attached to an aromatic ring is 1. The highest BCUT2D eigenvalue weighted by atomic mass is 19.1. The summed E-state index contributed by atoms with van der Waals surface area (Å²) in [5.74, 6) is 2.62. The van der Waals surface area contributed by atoms with Crippen LogP contribution >= 0.6 is 0 Å². The number of nitrogens with zero attached hydrogens (tertiary/aromatic N) is 1. The van der Waals surface area contributed by atoms with Crippen LogP contribution in [0.25, 0.3) is 0 Å². The first-order chi connectivity index (χ1) is 8.86. The Morgan fingerprint density at radius 3 is 2.32 bits per heavy atom. The van der Waals surface area contributed by atoms with Gasteiger partial charge in [0.2, 0.25) is 0 Å². The number of halogens is 2. The third-order valence-corrected chi connectivity index (χ3v) is 2.89. The molecule has 0 fully saturated rings. The molecule has 4 N–H and O–H groups in total. The Labute approximate surface area is 110 Å². The number of carbonyl (C=O) groups is 1. The molecule has 1 aromatic carbocycles. The van der Waals surface area contributed by atoms with Crippen molar-refractivity contribution < 1.29 is 13.6 Å². The molecule has 1 unspecified atom stereocenters. The highest BCUT2D eigenvalue weighted by Crippen LogP contribution is 2.19. The van der Waals surface area contributed by atoms with Gasteiger partial charge in [0.1, 0.15) is 5.69 Å². The maximum atomic E-state index is 13.4. The number of hydrogen-bond acceptors (Lipinski definition) is 4. The lowest BCUT2D eigenvalue weighted by Crippen LogP contribution is -2.38. The van der Waals surface area contributed by atoms with Crippen molar-refractivity contribution in [2.75, 3.05) is 26.1 Å². The molecule has 0 aliphatic heterocycles. The average molecular weight is 272 g/mol. The molecule has 0 heterocycles. The molecule has 0 aliphatic carbocycles. The van der Waals surface area contributed by atoms with E-state index in [1.54, 1.807) is 0 Å². The predicted molar refractivity (Wildman–Crippen MR) is 69.7 cm³/mol. The van der Waals surface area contributed by atoms with Gasteiger partial charge in [-0.05, 0) is 33.2 Å². The van der Waals surface area contributed by atoms with Gasteiger partial charge in [0, 0.05) is 18.2 Å². The molecule has 1 aromatic rings. The number of likely N-dealkylation sites (N-methyl/N-ethyl adjacent to an activating group) is 1. The third-order valence-electron chi connectivity index (χ3n) is 2.89. The van der Waals surface area contributed by atoms with Gasteiger partial charge >= 0.3 is 0 Å². The van der Waals surface area contributed by atoms with Crippen molar-refractivity contribution in [3.63, 3.8) is 0 Å². The smallest absolute Gasteiger partial charge is 0.251 e. The molecule has 1 atom stereocenters. The summed E-state index contributed by atoms with van der Waals surface area (Å²) < 4.78 is 26.9. The van der Waals surface area contributed by atoms with E-state index in [0.29, 0.717) is 6.54 Å². The minimum Gasteiger partial charge on any atom is -0.350 e. The third kappa shape index (κ3) is 3.87. The summed E-state index contributed by atoms with van der Waals surface area (Å²) >= 11 is 0. The molecule has 0 spiro atoms. The highest BCUT2D eigenvalue weighted by Gasteiger charge is 2.15. The Bertz CT molecular complexity index is 442. The van der Waals surface area contributed by atoms with Gasteiger partial charge in [-0.1, -0.05) is 0 Å². The number of rotatable bonds is 5. The average Bonchev–Trinajstić information content (AvgIpc) is 2.34. The van der Waals surface area contributed by atoms with Gasteiger partial charge in [0.25, 0.3) is 5.91 Å². The van der Waals surface area contributed by atoms with E-state index in [9.17, 15) is 13.6 Å². The largest absolute Gasteiger partial charge is 0.350 e. The number of anilines is 1. The van der Waals surface area contributed by atoms with Gasteiger partial charge in [0.05, 0.1) is 0 Å². The Hall–Kier alpha value is -1.73. The van der Waals surface area contributed by atoms with Gasteiger partial charge in [-0.25, -0.2) is 8.78 Å². The fourth-order valence-corrected chi connectivity index (χ4v) is 1.37. The first-order valence-electron chi connectivity index (χ1n) is 5.77. The van der Waals surface area contributed by atoms with Crippen molar-refractivity contribution in [3.05, 3.63) is 29.3 Å².